The maximum absolute atomic E-state index is 11.0. The number of Topliss-reactive ketones (excluding diaryl/α,β-unsaturated/α-hetero) is 1. The summed E-state index contributed by atoms with van der Waals surface area (Å²) in [7, 11) is 0. The summed E-state index contributed by atoms with van der Waals surface area (Å²) in [6.45, 7) is 1.49. The van der Waals surface area contributed by atoms with E-state index in [0.717, 1.165) is 15.4 Å². The van der Waals surface area contributed by atoms with Crippen molar-refractivity contribution in [2.45, 2.75) is 6.92 Å². The van der Waals surface area contributed by atoms with Gasteiger partial charge < -0.3 is 4.42 Å². The first kappa shape index (κ1) is 8.51. The van der Waals surface area contributed by atoms with Crippen molar-refractivity contribution in [2.75, 3.05) is 0 Å². The molecule has 1 aromatic carbocycles. The Morgan fingerprint density at radius 3 is 2.85 bits per heavy atom. The number of carbonyl (C=O) groups is 1. The molecule has 2 aromatic rings. The summed E-state index contributed by atoms with van der Waals surface area (Å²) in [6.07, 6.45) is 0. The number of hydrogen-bond acceptors (Lipinski definition) is 2. The number of benzene rings is 1. The maximum Gasteiger partial charge on any atom is 0.194 e. The van der Waals surface area contributed by atoms with E-state index in [9.17, 15) is 4.79 Å². The van der Waals surface area contributed by atoms with Crippen LogP contribution in [0.25, 0.3) is 11.0 Å². The quantitative estimate of drug-likeness (QED) is 0.714. The fourth-order valence-electron chi connectivity index (χ4n) is 1.19. The predicted molar refractivity (Wildman–Crippen MR) is 53.9 cm³/mol. The average Bonchev–Trinajstić information content (AvgIpc) is 2.46. The summed E-state index contributed by atoms with van der Waals surface area (Å²) >= 11 is 3.35. The molecule has 0 amide bonds. The minimum atomic E-state index is -0.0488. The number of fused-ring (bicyclic) bond motifs is 1. The topological polar surface area (TPSA) is 30.2 Å². The van der Waals surface area contributed by atoms with Gasteiger partial charge in [-0.3, -0.25) is 4.79 Å². The van der Waals surface area contributed by atoms with Crippen molar-refractivity contribution in [3.05, 3.63) is 34.5 Å². The van der Waals surface area contributed by atoms with Crippen LogP contribution in [0.2, 0.25) is 0 Å². The molecule has 66 valence electrons. The zero-order chi connectivity index (χ0) is 9.42. The molecular weight excluding hydrogens is 232 g/mol. The van der Waals surface area contributed by atoms with Gasteiger partial charge in [-0.05, 0) is 24.3 Å². The standard InChI is InChI=1S/C10H7BrO2/c1-6(12)10-5-7-4-8(11)2-3-9(7)13-10/h2-5H,1H3. The van der Waals surface area contributed by atoms with E-state index in [1.807, 2.05) is 18.2 Å². The molecule has 0 radical (unpaired) electrons. The Bertz CT molecular complexity index is 471. The number of carbonyl (C=O) groups excluding carboxylic acids is 1. The van der Waals surface area contributed by atoms with Crippen molar-refractivity contribution in [2.24, 2.45) is 0 Å². The second-order valence-electron chi connectivity index (χ2n) is 2.85. The molecule has 1 aromatic heterocycles. The first-order chi connectivity index (χ1) is 6.16. The molecule has 0 aliphatic heterocycles. The van der Waals surface area contributed by atoms with E-state index >= 15 is 0 Å². The monoisotopic (exact) mass is 238 g/mol. The Morgan fingerprint density at radius 1 is 1.38 bits per heavy atom. The van der Waals surface area contributed by atoms with E-state index < -0.39 is 0 Å². The molecule has 2 rings (SSSR count). The molecule has 0 atom stereocenters. The van der Waals surface area contributed by atoms with Crippen molar-refractivity contribution in [3.8, 4) is 0 Å². The number of furan rings is 1. The lowest BCUT2D eigenvalue weighted by atomic mass is 10.2. The Balaban J connectivity index is 2.68. The second kappa shape index (κ2) is 3.00. The molecule has 0 saturated carbocycles. The molecule has 0 saturated heterocycles. The van der Waals surface area contributed by atoms with Crippen molar-refractivity contribution < 1.29 is 9.21 Å². The van der Waals surface area contributed by atoms with Crippen molar-refractivity contribution >= 4 is 32.7 Å². The van der Waals surface area contributed by atoms with Crippen LogP contribution >= 0.6 is 15.9 Å². The van der Waals surface area contributed by atoms with Gasteiger partial charge in [0.25, 0.3) is 0 Å². The van der Waals surface area contributed by atoms with Gasteiger partial charge in [0.2, 0.25) is 0 Å². The van der Waals surface area contributed by atoms with Gasteiger partial charge in [-0.25, -0.2) is 0 Å². The van der Waals surface area contributed by atoms with Gasteiger partial charge >= 0.3 is 0 Å². The molecule has 0 aliphatic carbocycles. The van der Waals surface area contributed by atoms with E-state index in [1.165, 1.54) is 6.92 Å². The third kappa shape index (κ3) is 1.52. The van der Waals surface area contributed by atoms with E-state index in [2.05, 4.69) is 15.9 Å². The fraction of sp³-hybridized carbons (Fsp3) is 0.100. The van der Waals surface area contributed by atoms with E-state index in [1.54, 1.807) is 6.07 Å². The van der Waals surface area contributed by atoms with Crippen molar-refractivity contribution in [1.29, 1.82) is 0 Å². The van der Waals surface area contributed by atoms with Crippen LogP contribution in [0.4, 0.5) is 0 Å². The first-order valence-electron chi connectivity index (χ1n) is 3.87. The summed E-state index contributed by atoms with van der Waals surface area (Å²) in [5.41, 5.74) is 0.744. The largest absolute Gasteiger partial charge is 0.453 e. The maximum atomic E-state index is 11.0. The van der Waals surface area contributed by atoms with Crippen LogP contribution in [0.3, 0.4) is 0 Å². The van der Waals surface area contributed by atoms with E-state index in [-0.39, 0.29) is 5.78 Å². The van der Waals surface area contributed by atoms with Gasteiger partial charge in [-0.1, -0.05) is 15.9 Å². The fourth-order valence-corrected chi connectivity index (χ4v) is 1.57. The second-order valence-corrected chi connectivity index (χ2v) is 3.76. The number of hydrogen-bond donors (Lipinski definition) is 0. The zero-order valence-electron chi connectivity index (χ0n) is 7.00. The Morgan fingerprint density at radius 2 is 2.15 bits per heavy atom. The van der Waals surface area contributed by atoms with Crippen LogP contribution in [-0.4, -0.2) is 5.78 Å². The highest BCUT2D eigenvalue weighted by molar-refractivity contribution is 9.10. The smallest absolute Gasteiger partial charge is 0.194 e. The van der Waals surface area contributed by atoms with Crippen LogP contribution in [0, 0.1) is 0 Å². The van der Waals surface area contributed by atoms with Gasteiger partial charge in [0.05, 0.1) is 0 Å². The predicted octanol–water partition coefficient (Wildman–Crippen LogP) is 3.40. The van der Waals surface area contributed by atoms with Gasteiger partial charge in [0.1, 0.15) is 5.58 Å². The van der Waals surface area contributed by atoms with Crippen LogP contribution in [0.5, 0.6) is 0 Å². The van der Waals surface area contributed by atoms with Crippen LogP contribution in [-0.2, 0) is 0 Å². The molecule has 0 fully saturated rings. The molecule has 0 unspecified atom stereocenters. The average molecular weight is 239 g/mol. The lowest BCUT2D eigenvalue weighted by Crippen LogP contribution is -1.85. The molecule has 0 spiro atoms. The highest BCUT2D eigenvalue weighted by Gasteiger charge is 2.07. The lowest BCUT2D eigenvalue weighted by Gasteiger charge is -1.87. The zero-order valence-corrected chi connectivity index (χ0v) is 8.59. The van der Waals surface area contributed by atoms with Gasteiger partial charge in [0, 0.05) is 16.8 Å². The minimum Gasteiger partial charge on any atom is -0.453 e. The van der Waals surface area contributed by atoms with Crippen molar-refractivity contribution in [1.82, 2.24) is 0 Å². The summed E-state index contributed by atoms with van der Waals surface area (Å²) in [6, 6.07) is 7.40. The highest BCUT2D eigenvalue weighted by atomic mass is 79.9. The van der Waals surface area contributed by atoms with Crippen LogP contribution in [0.1, 0.15) is 17.5 Å². The van der Waals surface area contributed by atoms with Gasteiger partial charge in [0.15, 0.2) is 11.5 Å². The molecule has 13 heavy (non-hydrogen) atoms. The van der Waals surface area contributed by atoms with Gasteiger partial charge in [-0.2, -0.15) is 0 Å². The van der Waals surface area contributed by atoms with E-state index in [0.29, 0.717) is 5.76 Å². The Kier molecular flexibility index (Phi) is 1.96. The third-order valence-corrected chi connectivity index (χ3v) is 2.32. The number of rotatable bonds is 1. The first-order valence-corrected chi connectivity index (χ1v) is 4.66. The molecular formula is C10H7BrO2. The van der Waals surface area contributed by atoms with Crippen molar-refractivity contribution in [3.63, 3.8) is 0 Å². The lowest BCUT2D eigenvalue weighted by molar-refractivity contribution is 0.0989. The van der Waals surface area contributed by atoms with Crippen LogP contribution in [0.15, 0.2) is 33.2 Å². The van der Waals surface area contributed by atoms with Gasteiger partial charge in [-0.15, -0.1) is 0 Å². The number of halogens is 1. The highest BCUT2D eigenvalue weighted by Crippen LogP contribution is 2.23. The Labute approximate surface area is 83.7 Å². The normalized spacial score (nSPS) is 10.6. The SMILES string of the molecule is CC(=O)c1cc2cc(Br)ccc2o1. The number of ketones is 1. The van der Waals surface area contributed by atoms with Crippen LogP contribution < -0.4 is 0 Å². The molecule has 0 N–H and O–H groups in total. The molecule has 1 heterocycles. The summed E-state index contributed by atoms with van der Waals surface area (Å²) in [5, 5.41) is 0.944. The Hall–Kier alpha value is -1.09. The molecule has 0 aliphatic rings. The summed E-state index contributed by atoms with van der Waals surface area (Å²) in [4.78, 5) is 11.0. The summed E-state index contributed by atoms with van der Waals surface area (Å²) < 4.78 is 6.30. The molecule has 3 heteroatoms. The molecule has 2 nitrogen and oxygen atoms in total. The molecule has 0 bridgehead atoms. The summed E-state index contributed by atoms with van der Waals surface area (Å²) in [5.74, 6) is 0.362. The van der Waals surface area contributed by atoms with E-state index in [4.69, 9.17) is 4.42 Å². The third-order valence-electron chi connectivity index (χ3n) is 1.83. The minimum absolute atomic E-state index is 0.0488.